The Morgan fingerprint density at radius 2 is 1.63 bits per heavy atom. The number of aliphatic hydroxyl groups is 1. The predicted molar refractivity (Wildman–Crippen MR) is 64.4 cm³/mol. The third-order valence-corrected chi connectivity index (χ3v) is 2.71. The maximum Gasteiger partial charge on any atom is 0.337 e. The van der Waals surface area contributed by atoms with E-state index in [4.69, 9.17) is 5.11 Å². The highest BCUT2D eigenvalue weighted by atomic mass is 19.1. The van der Waals surface area contributed by atoms with Gasteiger partial charge in [-0.05, 0) is 17.7 Å². The quantitative estimate of drug-likeness (QED) is 0.896. The number of benzene rings is 2. The van der Waals surface area contributed by atoms with E-state index in [1.165, 1.54) is 30.3 Å². The summed E-state index contributed by atoms with van der Waals surface area (Å²) in [7, 11) is 0. The molecule has 0 saturated carbocycles. The molecule has 2 aromatic carbocycles. The SMILES string of the molecule is O=C(O)C(O)c1ccc(-c2ccccc2F)c(F)c1. The Kier molecular flexibility index (Phi) is 3.57. The van der Waals surface area contributed by atoms with Gasteiger partial charge in [0.1, 0.15) is 11.6 Å². The van der Waals surface area contributed by atoms with E-state index in [1.54, 1.807) is 6.07 Å². The van der Waals surface area contributed by atoms with Crippen molar-refractivity contribution in [1.29, 1.82) is 0 Å². The molecule has 0 heterocycles. The minimum Gasteiger partial charge on any atom is -0.479 e. The molecule has 2 aromatic rings. The summed E-state index contributed by atoms with van der Waals surface area (Å²) < 4.78 is 27.4. The highest BCUT2D eigenvalue weighted by Gasteiger charge is 2.18. The Bertz CT molecular complexity index is 626. The molecule has 98 valence electrons. The zero-order valence-electron chi connectivity index (χ0n) is 9.68. The molecule has 1 unspecified atom stereocenters. The normalized spacial score (nSPS) is 12.2. The Morgan fingerprint density at radius 3 is 2.21 bits per heavy atom. The summed E-state index contributed by atoms with van der Waals surface area (Å²) in [5.41, 5.74) is 0.000827. The number of carbonyl (C=O) groups is 1. The lowest BCUT2D eigenvalue weighted by Crippen LogP contribution is -2.10. The van der Waals surface area contributed by atoms with E-state index in [1.807, 2.05) is 0 Å². The van der Waals surface area contributed by atoms with Gasteiger partial charge >= 0.3 is 5.97 Å². The van der Waals surface area contributed by atoms with Crippen LogP contribution in [0, 0.1) is 11.6 Å². The van der Waals surface area contributed by atoms with E-state index >= 15 is 0 Å². The Labute approximate surface area is 107 Å². The molecule has 0 aliphatic carbocycles. The highest BCUT2D eigenvalue weighted by molar-refractivity contribution is 5.75. The van der Waals surface area contributed by atoms with Gasteiger partial charge in [-0.1, -0.05) is 30.3 Å². The molecule has 1 atom stereocenters. The first-order valence-electron chi connectivity index (χ1n) is 5.46. The van der Waals surface area contributed by atoms with Crippen molar-refractivity contribution in [2.45, 2.75) is 6.10 Å². The van der Waals surface area contributed by atoms with Gasteiger partial charge in [0.2, 0.25) is 0 Å². The summed E-state index contributed by atoms with van der Waals surface area (Å²) in [6.07, 6.45) is -1.80. The number of halogens is 2. The second-order valence-corrected chi connectivity index (χ2v) is 3.96. The van der Waals surface area contributed by atoms with Crippen molar-refractivity contribution in [2.24, 2.45) is 0 Å². The molecule has 5 heteroatoms. The minimum atomic E-state index is -1.80. The van der Waals surface area contributed by atoms with Crippen LogP contribution in [0.5, 0.6) is 0 Å². The maximum atomic E-state index is 13.9. The summed E-state index contributed by atoms with van der Waals surface area (Å²) in [6.45, 7) is 0. The molecule has 0 amide bonds. The average molecular weight is 264 g/mol. The van der Waals surface area contributed by atoms with Crippen LogP contribution in [0.1, 0.15) is 11.7 Å². The lowest BCUT2D eigenvalue weighted by Gasteiger charge is -2.09. The molecular weight excluding hydrogens is 254 g/mol. The van der Waals surface area contributed by atoms with Gasteiger partial charge in [-0.15, -0.1) is 0 Å². The molecule has 0 aliphatic heterocycles. The average Bonchev–Trinajstić information content (AvgIpc) is 2.38. The molecule has 0 bridgehead atoms. The lowest BCUT2D eigenvalue weighted by atomic mass is 10.0. The van der Waals surface area contributed by atoms with Gasteiger partial charge in [0.05, 0.1) is 0 Å². The summed E-state index contributed by atoms with van der Waals surface area (Å²) >= 11 is 0. The number of carboxylic acids is 1. The van der Waals surface area contributed by atoms with Gasteiger partial charge in [-0.3, -0.25) is 0 Å². The predicted octanol–water partition coefficient (Wildman–Crippen LogP) is 2.75. The van der Waals surface area contributed by atoms with Gasteiger partial charge in [0.25, 0.3) is 0 Å². The smallest absolute Gasteiger partial charge is 0.337 e. The fraction of sp³-hybridized carbons (Fsp3) is 0.0714. The molecule has 0 aliphatic rings. The van der Waals surface area contributed by atoms with Crippen LogP contribution in [0.3, 0.4) is 0 Å². The van der Waals surface area contributed by atoms with Crippen molar-refractivity contribution < 1.29 is 23.8 Å². The first-order chi connectivity index (χ1) is 9.00. The number of aliphatic hydroxyl groups excluding tert-OH is 1. The van der Waals surface area contributed by atoms with E-state index in [-0.39, 0.29) is 16.7 Å². The first-order valence-corrected chi connectivity index (χ1v) is 5.46. The Morgan fingerprint density at radius 1 is 1.00 bits per heavy atom. The zero-order chi connectivity index (χ0) is 14.0. The summed E-state index contributed by atoms with van der Waals surface area (Å²) in [5, 5.41) is 17.9. The monoisotopic (exact) mass is 264 g/mol. The number of carboxylic acid groups (broad SMARTS) is 1. The molecule has 0 aromatic heterocycles. The summed E-state index contributed by atoms with van der Waals surface area (Å²) in [5.74, 6) is -2.84. The molecule has 3 nitrogen and oxygen atoms in total. The van der Waals surface area contributed by atoms with Crippen LogP contribution >= 0.6 is 0 Å². The number of aliphatic carboxylic acids is 1. The molecule has 19 heavy (non-hydrogen) atoms. The van der Waals surface area contributed by atoms with Crippen LogP contribution < -0.4 is 0 Å². The molecule has 0 spiro atoms. The van der Waals surface area contributed by atoms with Crippen molar-refractivity contribution in [1.82, 2.24) is 0 Å². The van der Waals surface area contributed by atoms with Gasteiger partial charge in [0, 0.05) is 11.1 Å². The van der Waals surface area contributed by atoms with E-state index in [2.05, 4.69) is 0 Å². The standard InChI is InChI=1S/C14H10F2O3/c15-11-4-2-1-3-9(11)10-6-5-8(7-12(10)16)13(17)14(18)19/h1-7,13,17H,(H,18,19). The van der Waals surface area contributed by atoms with Crippen molar-refractivity contribution in [3.63, 3.8) is 0 Å². The van der Waals surface area contributed by atoms with Gasteiger partial charge in [-0.2, -0.15) is 0 Å². The van der Waals surface area contributed by atoms with E-state index in [9.17, 15) is 18.7 Å². The third kappa shape index (κ3) is 2.61. The van der Waals surface area contributed by atoms with E-state index < -0.39 is 23.7 Å². The second-order valence-electron chi connectivity index (χ2n) is 3.96. The van der Waals surface area contributed by atoms with Crippen molar-refractivity contribution in [3.8, 4) is 11.1 Å². The molecule has 2 N–H and O–H groups in total. The number of hydrogen-bond acceptors (Lipinski definition) is 2. The van der Waals surface area contributed by atoms with E-state index in [0.717, 1.165) is 6.07 Å². The fourth-order valence-electron chi connectivity index (χ4n) is 1.74. The fourth-order valence-corrected chi connectivity index (χ4v) is 1.74. The van der Waals surface area contributed by atoms with Crippen LogP contribution in [0.15, 0.2) is 42.5 Å². The van der Waals surface area contributed by atoms with Crippen LogP contribution in [0.4, 0.5) is 8.78 Å². The highest BCUT2D eigenvalue weighted by Crippen LogP contribution is 2.27. The zero-order valence-corrected chi connectivity index (χ0v) is 9.68. The van der Waals surface area contributed by atoms with Crippen molar-refractivity contribution in [3.05, 3.63) is 59.7 Å². The van der Waals surface area contributed by atoms with Crippen LogP contribution in [-0.4, -0.2) is 16.2 Å². The molecular formula is C14H10F2O3. The number of rotatable bonds is 3. The summed E-state index contributed by atoms with van der Waals surface area (Å²) in [4.78, 5) is 10.6. The number of hydrogen-bond donors (Lipinski definition) is 2. The largest absolute Gasteiger partial charge is 0.479 e. The first kappa shape index (κ1) is 13.2. The maximum absolute atomic E-state index is 13.9. The molecule has 2 rings (SSSR count). The summed E-state index contributed by atoms with van der Waals surface area (Å²) in [6, 6.07) is 9.06. The third-order valence-electron chi connectivity index (χ3n) is 2.71. The topological polar surface area (TPSA) is 57.5 Å². The van der Waals surface area contributed by atoms with Gasteiger partial charge < -0.3 is 10.2 Å². The van der Waals surface area contributed by atoms with Gasteiger partial charge in [0.15, 0.2) is 6.10 Å². The lowest BCUT2D eigenvalue weighted by molar-refractivity contribution is -0.146. The van der Waals surface area contributed by atoms with Crippen LogP contribution in [-0.2, 0) is 4.79 Å². The van der Waals surface area contributed by atoms with E-state index in [0.29, 0.717) is 0 Å². The Hall–Kier alpha value is -2.27. The minimum absolute atomic E-state index is 0.0134. The molecule has 0 fully saturated rings. The molecule has 0 saturated heterocycles. The van der Waals surface area contributed by atoms with Crippen molar-refractivity contribution in [2.75, 3.05) is 0 Å². The van der Waals surface area contributed by atoms with Crippen LogP contribution in [0.25, 0.3) is 11.1 Å². The van der Waals surface area contributed by atoms with Gasteiger partial charge in [-0.25, -0.2) is 13.6 Å². The Balaban J connectivity index is 2.46. The van der Waals surface area contributed by atoms with Crippen LogP contribution in [0.2, 0.25) is 0 Å². The second kappa shape index (κ2) is 5.16. The molecule has 0 radical (unpaired) electrons. The van der Waals surface area contributed by atoms with Crippen molar-refractivity contribution >= 4 is 5.97 Å².